The number of piperidine rings is 1. The van der Waals surface area contributed by atoms with Crippen molar-refractivity contribution in [1.29, 1.82) is 0 Å². The molecular formula is C16H23N3O3. The second-order valence-corrected chi connectivity index (χ2v) is 5.38. The van der Waals surface area contributed by atoms with Gasteiger partial charge < -0.3 is 20.0 Å². The lowest BCUT2D eigenvalue weighted by atomic mass is 10.1. The van der Waals surface area contributed by atoms with Crippen molar-refractivity contribution in [2.75, 3.05) is 26.2 Å². The third-order valence-electron chi connectivity index (χ3n) is 3.54. The van der Waals surface area contributed by atoms with Crippen LogP contribution < -0.4 is 0 Å². The molecule has 2 heterocycles. The predicted molar refractivity (Wildman–Crippen MR) is 84.7 cm³/mol. The van der Waals surface area contributed by atoms with Crippen LogP contribution in [-0.2, 0) is 4.74 Å². The SMILES string of the molecule is ON=C(C=Cc1cccnc1)OCC(O)CN1CCCCC1. The molecule has 22 heavy (non-hydrogen) atoms. The number of pyridine rings is 1. The van der Waals surface area contributed by atoms with Gasteiger partial charge in [0, 0.05) is 25.0 Å². The molecule has 1 aromatic rings. The Morgan fingerprint density at radius 1 is 1.41 bits per heavy atom. The number of rotatable bonds is 6. The minimum absolute atomic E-state index is 0.0709. The van der Waals surface area contributed by atoms with E-state index in [0.29, 0.717) is 6.54 Å². The Bertz CT molecular complexity index is 485. The zero-order valence-corrected chi connectivity index (χ0v) is 12.6. The second kappa shape index (κ2) is 9.17. The molecule has 0 aromatic carbocycles. The fourth-order valence-corrected chi connectivity index (χ4v) is 2.43. The lowest BCUT2D eigenvalue weighted by Crippen LogP contribution is -2.38. The molecule has 0 radical (unpaired) electrons. The van der Waals surface area contributed by atoms with E-state index in [0.717, 1.165) is 18.7 Å². The van der Waals surface area contributed by atoms with Crippen LogP contribution in [0.2, 0.25) is 0 Å². The van der Waals surface area contributed by atoms with Crippen LogP contribution >= 0.6 is 0 Å². The van der Waals surface area contributed by atoms with Gasteiger partial charge in [-0.05, 0) is 48.8 Å². The van der Waals surface area contributed by atoms with E-state index in [9.17, 15) is 5.11 Å². The molecule has 1 aliphatic rings. The van der Waals surface area contributed by atoms with Crippen molar-refractivity contribution in [3.05, 3.63) is 36.2 Å². The summed E-state index contributed by atoms with van der Waals surface area (Å²) in [4.78, 5) is 6.22. The Hall–Kier alpha value is -1.92. The zero-order chi connectivity index (χ0) is 15.6. The van der Waals surface area contributed by atoms with Crippen LogP contribution in [-0.4, -0.2) is 58.4 Å². The van der Waals surface area contributed by atoms with Gasteiger partial charge in [-0.2, -0.15) is 0 Å². The maximum atomic E-state index is 9.99. The molecule has 1 atom stereocenters. The largest absolute Gasteiger partial charge is 0.473 e. The first-order valence-electron chi connectivity index (χ1n) is 7.61. The Morgan fingerprint density at radius 2 is 2.23 bits per heavy atom. The van der Waals surface area contributed by atoms with Crippen molar-refractivity contribution in [2.45, 2.75) is 25.4 Å². The number of β-amino-alcohol motifs (C(OH)–C–C–N with tert-alkyl or cyclic N) is 1. The number of hydrogen-bond donors (Lipinski definition) is 2. The van der Waals surface area contributed by atoms with Gasteiger partial charge in [-0.15, -0.1) is 0 Å². The van der Waals surface area contributed by atoms with Gasteiger partial charge >= 0.3 is 0 Å². The topological polar surface area (TPSA) is 78.2 Å². The number of likely N-dealkylation sites (tertiary alicyclic amines) is 1. The van der Waals surface area contributed by atoms with Crippen LogP contribution in [0.15, 0.2) is 35.8 Å². The highest BCUT2D eigenvalue weighted by molar-refractivity contribution is 5.91. The molecule has 1 unspecified atom stereocenters. The van der Waals surface area contributed by atoms with Crippen molar-refractivity contribution in [2.24, 2.45) is 5.16 Å². The van der Waals surface area contributed by atoms with E-state index in [1.165, 1.54) is 19.3 Å². The summed E-state index contributed by atoms with van der Waals surface area (Å²) in [5.74, 6) is 0.0709. The normalized spacial score (nSPS) is 18.5. The fourth-order valence-electron chi connectivity index (χ4n) is 2.43. The average molecular weight is 305 g/mol. The van der Waals surface area contributed by atoms with E-state index < -0.39 is 6.10 Å². The third kappa shape index (κ3) is 5.83. The highest BCUT2D eigenvalue weighted by Gasteiger charge is 2.15. The minimum atomic E-state index is -0.596. The summed E-state index contributed by atoms with van der Waals surface area (Å²) < 4.78 is 5.33. The molecule has 2 rings (SSSR count). The summed E-state index contributed by atoms with van der Waals surface area (Å²) in [6, 6.07) is 3.70. The van der Waals surface area contributed by atoms with Crippen LogP contribution in [0.4, 0.5) is 0 Å². The molecule has 0 aliphatic carbocycles. The third-order valence-corrected chi connectivity index (χ3v) is 3.54. The maximum Gasteiger partial charge on any atom is 0.250 e. The number of aliphatic hydroxyl groups excluding tert-OH is 1. The molecule has 6 nitrogen and oxygen atoms in total. The fraction of sp³-hybridized carbons (Fsp3) is 0.500. The summed E-state index contributed by atoms with van der Waals surface area (Å²) in [6.45, 7) is 2.75. The Labute approximate surface area is 130 Å². The smallest absolute Gasteiger partial charge is 0.250 e. The van der Waals surface area contributed by atoms with E-state index in [4.69, 9.17) is 9.94 Å². The van der Waals surface area contributed by atoms with Gasteiger partial charge in [-0.3, -0.25) is 4.98 Å². The molecular weight excluding hydrogens is 282 g/mol. The van der Waals surface area contributed by atoms with Gasteiger partial charge in [0.2, 0.25) is 5.90 Å². The predicted octanol–water partition coefficient (Wildman–Crippen LogP) is 1.75. The summed E-state index contributed by atoms with van der Waals surface area (Å²) in [5.41, 5.74) is 0.876. The lowest BCUT2D eigenvalue weighted by molar-refractivity contribution is 0.0567. The second-order valence-electron chi connectivity index (χ2n) is 5.38. The van der Waals surface area contributed by atoms with E-state index in [2.05, 4.69) is 15.0 Å². The monoisotopic (exact) mass is 305 g/mol. The molecule has 0 bridgehead atoms. The molecule has 120 valence electrons. The van der Waals surface area contributed by atoms with Crippen molar-refractivity contribution >= 4 is 12.0 Å². The highest BCUT2D eigenvalue weighted by Crippen LogP contribution is 2.09. The maximum absolute atomic E-state index is 9.99. The van der Waals surface area contributed by atoms with E-state index >= 15 is 0 Å². The van der Waals surface area contributed by atoms with E-state index in [-0.39, 0.29) is 12.5 Å². The average Bonchev–Trinajstić information content (AvgIpc) is 2.57. The van der Waals surface area contributed by atoms with Gasteiger partial charge in [0.1, 0.15) is 12.7 Å². The molecule has 0 spiro atoms. The number of hydrogen-bond acceptors (Lipinski definition) is 6. The number of oxime groups is 1. The first-order valence-corrected chi connectivity index (χ1v) is 7.61. The Balaban J connectivity index is 1.74. The molecule has 2 N–H and O–H groups in total. The van der Waals surface area contributed by atoms with Crippen LogP contribution in [0.1, 0.15) is 24.8 Å². The number of aliphatic hydroxyl groups is 1. The summed E-state index contributed by atoms with van der Waals surface area (Å²) in [5, 5.41) is 22.0. The van der Waals surface area contributed by atoms with E-state index in [1.54, 1.807) is 24.5 Å². The number of aromatic nitrogens is 1. The molecule has 1 aromatic heterocycles. The van der Waals surface area contributed by atoms with Crippen LogP contribution in [0, 0.1) is 0 Å². The van der Waals surface area contributed by atoms with Crippen LogP contribution in [0.5, 0.6) is 0 Å². The summed E-state index contributed by atoms with van der Waals surface area (Å²) in [7, 11) is 0. The van der Waals surface area contributed by atoms with Gasteiger partial charge in [-0.1, -0.05) is 12.5 Å². The lowest BCUT2D eigenvalue weighted by Gasteiger charge is -2.28. The minimum Gasteiger partial charge on any atom is -0.473 e. The van der Waals surface area contributed by atoms with Gasteiger partial charge in [0.15, 0.2) is 0 Å². The standard InChI is InChI=1S/C16H23N3O3/c20-15(12-19-9-2-1-3-10-19)13-22-16(18-21)7-6-14-5-4-8-17-11-14/h4-8,11,15,20-21H,1-3,9-10,12-13H2. The quantitative estimate of drug-likeness (QED) is 0.362. The molecule has 0 saturated carbocycles. The zero-order valence-electron chi connectivity index (χ0n) is 12.6. The van der Waals surface area contributed by atoms with Gasteiger partial charge in [0.05, 0.1) is 0 Å². The first-order chi connectivity index (χ1) is 10.8. The summed E-state index contributed by atoms with van der Waals surface area (Å²) in [6.07, 6.45) is 9.70. The molecule has 1 fully saturated rings. The highest BCUT2D eigenvalue weighted by atomic mass is 16.5. The van der Waals surface area contributed by atoms with Crippen molar-refractivity contribution in [3.63, 3.8) is 0 Å². The van der Waals surface area contributed by atoms with Crippen molar-refractivity contribution < 1.29 is 15.1 Å². The van der Waals surface area contributed by atoms with Crippen LogP contribution in [0.3, 0.4) is 0 Å². The van der Waals surface area contributed by atoms with Crippen molar-refractivity contribution in [1.82, 2.24) is 9.88 Å². The van der Waals surface area contributed by atoms with Crippen molar-refractivity contribution in [3.8, 4) is 0 Å². The molecule has 0 amide bonds. The Kier molecular flexibility index (Phi) is 6.86. The summed E-state index contributed by atoms with van der Waals surface area (Å²) >= 11 is 0. The van der Waals surface area contributed by atoms with Crippen LogP contribution in [0.25, 0.3) is 6.08 Å². The van der Waals surface area contributed by atoms with Gasteiger partial charge in [-0.25, -0.2) is 0 Å². The Morgan fingerprint density at radius 3 is 2.91 bits per heavy atom. The molecule has 1 saturated heterocycles. The van der Waals surface area contributed by atoms with E-state index in [1.807, 2.05) is 12.1 Å². The molecule has 1 aliphatic heterocycles. The number of nitrogens with zero attached hydrogens (tertiary/aromatic N) is 3. The van der Waals surface area contributed by atoms with Gasteiger partial charge in [0.25, 0.3) is 0 Å². The molecule has 6 heteroatoms. The number of ether oxygens (including phenoxy) is 1. The first kappa shape index (κ1) is 16.5.